The zero-order valence-corrected chi connectivity index (χ0v) is 10.6. The van der Waals surface area contributed by atoms with Crippen molar-refractivity contribution in [1.29, 1.82) is 0 Å². The molecule has 1 fully saturated rings. The normalized spacial score (nSPS) is 18.5. The van der Waals surface area contributed by atoms with Crippen molar-refractivity contribution in [2.75, 3.05) is 25.1 Å². The van der Waals surface area contributed by atoms with Crippen LogP contribution in [0.5, 0.6) is 5.75 Å². The van der Waals surface area contributed by atoms with Gasteiger partial charge in [0.05, 0.1) is 12.8 Å². The first-order valence-electron chi connectivity index (χ1n) is 6.05. The van der Waals surface area contributed by atoms with Gasteiger partial charge in [0.25, 0.3) is 0 Å². The standard InChI is InChI=1S/C14H18N2O2/c1-3-14(17)15-11-8-9-16(10-11)12-6-4-5-7-13(12)18-2/h3-7,11H,1,8-10H2,2H3,(H,15,17). The molecule has 1 aliphatic heterocycles. The number of nitrogens with zero attached hydrogens (tertiary/aromatic N) is 1. The molecule has 1 aliphatic rings. The Morgan fingerprint density at radius 3 is 3.06 bits per heavy atom. The Labute approximate surface area is 107 Å². The molecular weight excluding hydrogens is 228 g/mol. The number of benzene rings is 1. The molecule has 0 aromatic heterocycles. The maximum absolute atomic E-state index is 11.3. The topological polar surface area (TPSA) is 41.6 Å². The van der Waals surface area contributed by atoms with E-state index in [1.165, 1.54) is 6.08 Å². The first-order chi connectivity index (χ1) is 8.74. The van der Waals surface area contributed by atoms with Gasteiger partial charge < -0.3 is 15.0 Å². The molecule has 1 atom stereocenters. The van der Waals surface area contributed by atoms with Crippen molar-refractivity contribution in [2.45, 2.75) is 12.5 Å². The molecule has 1 saturated heterocycles. The Kier molecular flexibility index (Phi) is 3.87. The lowest BCUT2D eigenvalue weighted by Gasteiger charge is -2.21. The molecule has 2 rings (SSSR count). The summed E-state index contributed by atoms with van der Waals surface area (Å²) in [5.74, 6) is 0.759. The summed E-state index contributed by atoms with van der Waals surface area (Å²) in [5.41, 5.74) is 1.08. The summed E-state index contributed by atoms with van der Waals surface area (Å²) in [6, 6.07) is 8.12. The Balaban J connectivity index is 2.04. The Hall–Kier alpha value is -1.97. The molecule has 1 aromatic carbocycles. The van der Waals surface area contributed by atoms with Crippen molar-refractivity contribution >= 4 is 11.6 Å². The van der Waals surface area contributed by atoms with E-state index in [2.05, 4.69) is 16.8 Å². The van der Waals surface area contributed by atoms with Crippen molar-refractivity contribution in [3.05, 3.63) is 36.9 Å². The first kappa shape index (κ1) is 12.5. The number of hydrogen-bond donors (Lipinski definition) is 1. The summed E-state index contributed by atoms with van der Waals surface area (Å²) in [5, 5.41) is 2.93. The number of carbonyl (C=O) groups is 1. The van der Waals surface area contributed by atoms with Gasteiger partial charge in [0.2, 0.25) is 5.91 Å². The number of hydrogen-bond acceptors (Lipinski definition) is 3. The lowest BCUT2D eigenvalue weighted by molar-refractivity contribution is -0.117. The number of amides is 1. The summed E-state index contributed by atoms with van der Waals surface area (Å²) in [6.45, 7) is 5.19. The van der Waals surface area contributed by atoms with E-state index in [4.69, 9.17) is 4.74 Å². The van der Waals surface area contributed by atoms with E-state index >= 15 is 0 Å². The minimum absolute atomic E-state index is 0.109. The molecule has 96 valence electrons. The van der Waals surface area contributed by atoms with Crippen LogP contribution in [0.3, 0.4) is 0 Å². The van der Waals surface area contributed by atoms with Crippen molar-refractivity contribution in [3.63, 3.8) is 0 Å². The lowest BCUT2D eigenvalue weighted by Crippen LogP contribution is -2.36. The van der Waals surface area contributed by atoms with Crippen LogP contribution in [0.1, 0.15) is 6.42 Å². The van der Waals surface area contributed by atoms with Crippen LogP contribution in [-0.2, 0) is 4.79 Å². The second-order valence-electron chi connectivity index (χ2n) is 4.32. The predicted octanol–water partition coefficient (Wildman–Crippen LogP) is 1.58. The van der Waals surface area contributed by atoms with Gasteiger partial charge in [0.15, 0.2) is 0 Å². The van der Waals surface area contributed by atoms with Crippen molar-refractivity contribution in [2.24, 2.45) is 0 Å². The van der Waals surface area contributed by atoms with Crippen molar-refractivity contribution in [3.8, 4) is 5.75 Å². The Bertz CT molecular complexity index is 445. The molecule has 4 heteroatoms. The SMILES string of the molecule is C=CC(=O)NC1CCN(c2ccccc2OC)C1. The fraction of sp³-hybridized carbons (Fsp3) is 0.357. The number of para-hydroxylation sites is 2. The molecule has 0 radical (unpaired) electrons. The molecule has 0 bridgehead atoms. The fourth-order valence-electron chi connectivity index (χ4n) is 2.25. The van der Waals surface area contributed by atoms with Gasteiger partial charge in [-0.1, -0.05) is 18.7 Å². The van der Waals surface area contributed by atoms with Gasteiger partial charge in [0, 0.05) is 19.1 Å². The van der Waals surface area contributed by atoms with E-state index < -0.39 is 0 Å². The Morgan fingerprint density at radius 1 is 1.56 bits per heavy atom. The number of ether oxygens (including phenoxy) is 1. The zero-order valence-electron chi connectivity index (χ0n) is 10.6. The van der Waals surface area contributed by atoms with Crippen LogP contribution in [-0.4, -0.2) is 32.1 Å². The van der Waals surface area contributed by atoms with Crippen LogP contribution in [0, 0.1) is 0 Å². The van der Waals surface area contributed by atoms with Crippen LogP contribution in [0.15, 0.2) is 36.9 Å². The highest BCUT2D eigenvalue weighted by atomic mass is 16.5. The highest BCUT2D eigenvalue weighted by molar-refractivity contribution is 5.87. The molecule has 1 N–H and O–H groups in total. The minimum Gasteiger partial charge on any atom is -0.495 e. The van der Waals surface area contributed by atoms with Gasteiger partial charge in [-0.05, 0) is 24.6 Å². The number of nitrogens with one attached hydrogen (secondary N) is 1. The third kappa shape index (κ3) is 2.64. The maximum Gasteiger partial charge on any atom is 0.243 e. The molecule has 4 nitrogen and oxygen atoms in total. The predicted molar refractivity (Wildman–Crippen MR) is 72.0 cm³/mol. The average molecular weight is 246 g/mol. The fourth-order valence-corrected chi connectivity index (χ4v) is 2.25. The van der Waals surface area contributed by atoms with Crippen LogP contribution in [0.4, 0.5) is 5.69 Å². The van der Waals surface area contributed by atoms with Gasteiger partial charge in [-0.3, -0.25) is 4.79 Å². The number of anilines is 1. The smallest absolute Gasteiger partial charge is 0.243 e. The third-order valence-electron chi connectivity index (χ3n) is 3.15. The van der Waals surface area contributed by atoms with E-state index in [1.807, 2.05) is 24.3 Å². The Morgan fingerprint density at radius 2 is 2.33 bits per heavy atom. The molecule has 1 aromatic rings. The summed E-state index contributed by atoms with van der Waals surface area (Å²) >= 11 is 0. The van der Waals surface area contributed by atoms with Gasteiger partial charge >= 0.3 is 0 Å². The van der Waals surface area contributed by atoms with Crippen molar-refractivity contribution in [1.82, 2.24) is 5.32 Å². The van der Waals surface area contributed by atoms with Gasteiger partial charge in [-0.25, -0.2) is 0 Å². The molecule has 0 aliphatic carbocycles. The van der Waals surface area contributed by atoms with E-state index in [0.29, 0.717) is 0 Å². The molecule has 1 amide bonds. The second kappa shape index (κ2) is 5.58. The monoisotopic (exact) mass is 246 g/mol. The van der Waals surface area contributed by atoms with E-state index in [1.54, 1.807) is 7.11 Å². The molecule has 1 heterocycles. The summed E-state index contributed by atoms with van der Waals surface area (Å²) in [6.07, 6.45) is 2.25. The van der Waals surface area contributed by atoms with Crippen LogP contribution in [0.25, 0.3) is 0 Å². The van der Waals surface area contributed by atoms with Gasteiger partial charge in [-0.2, -0.15) is 0 Å². The zero-order chi connectivity index (χ0) is 13.0. The van der Waals surface area contributed by atoms with Crippen molar-refractivity contribution < 1.29 is 9.53 Å². The number of carbonyl (C=O) groups excluding carboxylic acids is 1. The molecule has 18 heavy (non-hydrogen) atoms. The number of methoxy groups -OCH3 is 1. The van der Waals surface area contributed by atoms with Crippen LogP contribution < -0.4 is 15.0 Å². The van der Waals surface area contributed by atoms with E-state index in [9.17, 15) is 4.79 Å². The summed E-state index contributed by atoms with van der Waals surface area (Å²) < 4.78 is 5.35. The first-order valence-corrected chi connectivity index (χ1v) is 6.05. The molecule has 1 unspecified atom stereocenters. The van der Waals surface area contributed by atoms with Gasteiger partial charge in [0.1, 0.15) is 5.75 Å². The van der Waals surface area contributed by atoms with Crippen LogP contribution in [0.2, 0.25) is 0 Å². The highest BCUT2D eigenvalue weighted by Gasteiger charge is 2.24. The second-order valence-corrected chi connectivity index (χ2v) is 4.32. The largest absolute Gasteiger partial charge is 0.495 e. The van der Waals surface area contributed by atoms with Gasteiger partial charge in [-0.15, -0.1) is 0 Å². The third-order valence-corrected chi connectivity index (χ3v) is 3.15. The van der Waals surface area contributed by atoms with E-state index in [-0.39, 0.29) is 11.9 Å². The quantitative estimate of drug-likeness (QED) is 0.820. The average Bonchev–Trinajstić information content (AvgIpc) is 2.86. The van der Waals surface area contributed by atoms with Crippen LogP contribution >= 0.6 is 0 Å². The summed E-state index contributed by atoms with van der Waals surface area (Å²) in [4.78, 5) is 13.5. The maximum atomic E-state index is 11.3. The molecular formula is C14H18N2O2. The molecule has 0 spiro atoms. The number of rotatable bonds is 4. The van der Waals surface area contributed by atoms with E-state index in [0.717, 1.165) is 30.9 Å². The minimum atomic E-state index is -0.109. The highest BCUT2D eigenvalue weighted by Crippen LogP contribution is 2.30. The lowest BCUT2D eigenvalue weighted by atomic mass is 10.2. The molecule has 0 saturated carbocycles. The summed E-state index contributed by atoms with van der Waals surface area (Å²) in [7, 11) is 1.67.